The van der Waals surface area contributed by atoms with Gasteiger partial charge in [0, 0.05) is 35.8 Å². The first kappa shape index (κ1) is 23.6. The molecule has 0 amide bonds. The van der Waals surface area contributed by atoms with Gasteiger partial charge in [-0.15, -0.1) is 0 Å². The molecule has 0 atom stereocenters. The largest absolute Gasteiger partial charge is 0.487 e. The summed E-state index contributed by atoms with van der Waals surface area (Å²) in [6.45, 7) is 9.85. The molecule has 4 heterocycles. The van der Waals surface area contributed by atoms with Crippen LogP contribution in [0.3, 0.4) is 0 Å². The third-order valence-electron chi connectivity index (χ3n) is 5.44. The summed E-state index contributed by atoms with van der Waals surface area (Å²) in [4.78, 5) is 31.2. The first-order chi connectivity index (χ1) is 16.2. The summed E-state index contributed by atoms with van der Waals surface area (Å²) in [5, 5.41) is 0.365. The fourth-order valence-electron chi connectivity index (χ4n) is 3.61. The van der Waals surface area contributed by atoms with Crippen LogP contribution in [-0.4, -0.2) is 24.5 Å². The van der Waals surface area contributed by atoms with Gasteiger partial charge in [0.05, 0.1) is 33.4 Å². The highest BCUT2D eigenvalue weighted by Crippen LogP contribution is 2.27. The maximum atomic E-state index is 13.4. The summed E-state index contributed by atoms with van der Waals surface area (Å²) in [5.41, 5.74) is 4.49. The van der Waals surface area contributed by atoms with Crippen molar-refractivity contribution in [3.05, 3.63) is 92.6 Å². The summed E-state index contributed by atoms with van der Waals surface area (Å²) in [7, 11) is 0. The molecule has 0 radical (unpaired) electrons. The van der Waals surface area contributed by atoms with Crippen molar-refractivity contribution in [3.8, 4) is 22.8 Å². The number of hydrogen-bond acceptors (Lipinski definition) is 6. The van der Waals surface area contributed by atoms with Crippen molar-refractivity contribution >= 4 is 11.6 Å². The SMILES string of the molecule is Cc1cccc(COc2cc(C)n(-c3cc(-c4ccnc(C(C)C)n4)ncc3Cl)c(=O)c2C)n1. The Morgan fingerprint density at radius 2 is 1.82 bits per heavy atom. The van der Waals surface area contributed by atoms with Crippen LogP contribution in [0.1, 0.15) is 48.2 Å². The van der Waals surface area contributed by atoms with Gasteiger partial charge < -0.3 is 4.74 Å². The van der Waals surface area contributed by atoms with Gasteiger partial charge in [0.1, 0.15) is 18.2 Å². The molecule has 0 saturated heterocycles. The van der Waals surface area contributed by atoms with Crippen molar-refractivity contribution in [2.24, 2.45) is 0 Å². The van der Waals surface area contributed by atoms with E-state index in [1.165, 1.54) is 0 Å². The number of aromatic nitrogens is 5. The van der Waals surface area contributed by atoms with Crippen LogP contribution >= 0.6 is 11.6 Å². The van der Waals surface area contributed by atoms with Gasteiger partial charge in [-0.25, -0.2) is 9.97 Å². The predicted octanol–water partition coefficient (Wildman–Crippen LogP) is 5.37. The summed E-state index contributed by atoms with van der Waals surface area (Å²) < 4.78 is 7.53. The summed E-state index contributed by atoms with van der Waals surface area (Å²) >= 11 is 6.50. The van der Waals surface area contributed by atoms with E-state index in [-0.39, 0.29) is 18.1 Å². The van der Waals surface area contributed by atoms with E-state index in [2.05, 4.69) is 19.9 Å². The molecule has 174 valence electrons. The highest BCUT2D eigenvalue weighted by Gasteiger charge is 2.17. The first-order valence-electron chi connectivity index (χ1n) is 11.0. The molecule has 0 aromatic carbocycles. The van der Waals surface area contributed by atoms with Crippen LogP contribution in [0.4, 0.5) is 0 Å². The van der Waals surface area contributed by atoms with Gasteiger partial charge in [-0.2, -0.15) is 0 Å². The average Bonchev–Trinajstić information content (AvgIpc) is 2.82. The molecule has 4 rings (SSSR count). The number of pyridine rings is 3. The normalized spacial score (nSPS) is 11.1. The van der Waals surface area contributed by atoms with E-state index in [0.29, 0.717) is 39.1 Å². The van der Waals surface area contributed by atoms with Gasteiger partial charge in [0.2, 0.25) is 0 Å². The number of hydrogen-bond donors (Lipinski definition) is 0. The van der Waals surface area contributed by atoms with E-state index < -0.39 is 0 Å². The second-order valence-corrected chi connectivity index (χ2v) is 8.86. The lowest BCUT2D eigenvalue weighted by Gasteiger charge is -2.17. The Morgan fingerprint density at radius 3 is 2.56 bits per heavy atom. The highest BCUT2D eigenvalue weighted by atomic mass is 35.5. The number of aryl methyl sites for hydroxylation is 2. The van der Waals surface area contributed by atoms with Gasteiger partial charge in [-0.05, 0) is 45.0 Å². The van der Waals surface area contributed by atoms with Gasteiger partial charge in [-0.1, -0.05) is 31.5 Å². The number of halogens is 1. The second kappa shape index (κ2) is 9.73. The minimum atomic E-state index is -0.211. The molecule has 7 nitrogen and oxygen atoms in total. The van der Waals surface area contributed by atoms with Crippen LogP contribution in [0.25, 0.3) is 17.1 Å². The number of nitrogens with zero attached hydrogens (tertiary/aromatic N) is 5. The maximum absolute atomic E-state index is 13.4. The van der Waals surface area contributed by atoms with Crippen LogP contribution < -0.4 is 10.3 Å². The molecule has 8 heteroatoms. The monoisotopic (exact) mass is 475 g/mol. The second-order valence-electron chi connectivity index (χ2n) is 8.45. The Hall–Kier alpha value is -3.58. The minimum Gasteiger partial charge on any atom is -0.487 e. The van der Waals surface area contributed by atoms with E-state index in [4.69, 9.17) is 16.3 Å². The van der Waals surface area contributed by atoms with Crippen molar-refractivity contribution in [2.45, 2.75) is 47.1 Å². The lowest BCUT2D eigenvalue weighted by atomic mass is 10.1. The van der Waals surface area contributed by atoms with E-state index >= 15 is 0 Å². The molecule has 0 fully saturated rings. The summed E-state index contributed by atoms with van der Waals surface area (Å²) in [6.07, 6.45) is 3.25. The zero-order valence-corrected chi connectivity index (χ0v) is 20.6. The van der Waals surface area contributed by atoms with Gasteiger partial charge in [0.25, 0.3) is 5.56 Å². The predicted molar refractivity (Wildman–Crippen MR) is 133 cm³/mol. The number of ether oxygens (including phenoxy) is 1. The summed E-state index contributed by atoms with van der Waals surface area (Å²) in [6, 6.07) is 11.2. The Bertz CT molecular complexity index is 1410. The molecular formula is C26H26ClN5O2. The van der Waals surface area contributed by atoms with Crippen LogP contribution in [0, 0.1) is 20.8 Å². The van der Waals surface area contributed by atoms with Crippen molar-refractivity contribution in [3.63, 3.8) is 0 Å². The molecular weight excluding hydrogens is 450 g/mol. The Morgan fingerprint density at radius 1 is 1.03 bits per heavy atom. The van der Waals surface area contributed by atoms with Crippen LogP contribution in [0.15, 0.2) is 53.6 Å². The lowest BCUT2D eigenvalue weighted by molar-refractivity contribution is 0.297. The molecule has 0 unspecified atom stereocenters. The average molecular weight is 476 g/mol. The molecule has 0 aliphatic rings. The van der Waals surface area contributed by atoms with Crippen molar-refractivity contribution in [1.29, 1.82) is 0 Å². The molecule has 0 saturated carbocycles. The molecule has 0 N–H and O–H groups in total. The summed E-state index contributed by atoms with van der Waals surface area (Å²) in [5.74, 6) is 1.43. The van der Waals surface area contributed by atoms with Crippen molar-refractivity contribution < 1.29 is 4.74 Å². The van der Waals surface area contributed by atoms with Crippen LogP contribution in [0.5, 0.6) is 5.75 Å². The van der Waals surface area contributed by atoms with Gasteiger partial charge in [0.15, 0.2) is 0 Å². The Balaban J connectivity index is 1.72. The zero-order chi connectivity index (χ0) is 24.4. The molecule has 0 bridgehead atoms. The van der Waals surface area contributed by atoms with Crippen LogP contribution in [-0.2, 0) is 6.61 Å². The Kier molecular flexibility index (Phi) is 6.75. The molecule has 0 aliphatic heterocycles. The molecule has 4 aromatic heterocycles. The molecule has 34 heavy (non-hydrogen) atoms. The van der Waals surface area contributed by atoms with Gasteiger partial charge >= 0.3 is 0 Å². The van der Waals surface area contributed by atoms with E-state index in [0.717, 1.165) is 17.2 Å². The smallest absolute Gasteiger partial charge is 0.261 e. The topological polar surface area (TPSA) is 82.8 Å². The lowest BCUT2D eigenvalue weighted by Crippen LogP contribution is -2.24. The minimum absolute atomic E-state index is 0.182. The maximum Gasteiger partial charge on any atom is 0.261 e. The van der Waals surface area contributed by atoms with E-state index in [9.17, 15) is 4.79 Å². The van der Waals surface area contributed by atoms with Crippen molar-refractivity contribution in [2.75, 3.05) is 0 Å². The fourth-order valence-corrected chi connectivity index (χ4v) is 3.80. The first-order valence-corrected chi connectivity index (χ1v) is 11.4. The van der Waals surface area contributed by atoms with Crippen molar-refractivity contribution in [1.82, 2.24) is 24.5 Å². The quantitative estimate of drug-likeness (QED) is 0.373. The fraction of sp³-hybridized carbons (Fsp3) is 0.269. The molecule has 0 aliphatic carbocycles. The van der Waals surface area contributed by atoms with E-state index in [1.54, 1.807) is 36.0 Å². The Labute approximate surface area is 203 Å². The highest BCUT2D eigenvalue weighted by molar-refractivity contribution is 6.32. The molecule has 4 aromatic rings. The standard InChI is InChI=1S/C26H26ClN5O2/c1-15(2)25-28-10-9-21(31-25)22-12-23(20(27)13-29-22)32-17(4)11-24(18(5)26(32)33)34-14-19-8-6-7-16(3)30-19/h6-13,15H,14H2,1-5H3. The molecule has 0 spiro atoms. The third kappa shape index (κ3) is 4.84. The number of rotatable bonds is 6. The van der Waals surface area contributed by atoms with E-state index in [1.807, 2.05) is 52.0 Å². The van der Waals surface area contributed by atoms with Crippen LogP contribution in [0.2, 0.25) is 5.02 Å². The van der Waals surface area contributed by atoms with Gasteiger partial charge in [-0.3, -0.25) is 19.3 Å². The third-order valence-corrected chi connectivity index (χ3v) is 5.73. The zero-order valence-electron chi connectivity index (χ0n) is 19.8.